The molecule has 1 atom stereocenters. The van der Waals surface area contributed by atoms with E-state index >= 15 is 0 Å². The molecule has 2 aromatic rings. The molecule has 1 aliphatic rings. The van der Waals surface area contributed by atoms with Gasteiger partial charge in [0.1, 0.15) is 0 Å². The number of halogens is 3. The molecule has 1 aromatic carbocycles. The summed E-state index contributed by atoms with van der Waals surface area (Å²) in [5, 5.41) is 13.1. The quantitative estimate of drug-likeness (QED) is 0.878. The average molecular weight is 383 g/mol. The molecule has 27 heavy (non-hydrogen) atoms. The van der Waals surface area contributed by atoms with Crippen LogP contribution in [0.5, 0.6) is 0 Å². The molecule has 0 spiro atoms. The van der Waals surface area contributed by atoms with Crippen molar-refractivity contribution < 1.29 is 32.6 Å². The highest BCUT2D eigenvalue weighted by Gasteiger charge is 2.32. The third-order valence-electron chi connectivity index (χ3n) is 4.29. The summed E-state index contributed by atoms with van der Waals surface area (Å²) in [4.78, 5) is 25.1. The molecule has 0 radical (unpaired) electrons. The summed E-state index contributed by atoms with van der Waals surface area (Å²) in [6.45, 7) is 1.76. The van der Waals surface area contributed by atoms with E-state index in [1.54, 1.807) is 6.92 Å². The van der Waals surface area contributed by atoms with Crippen LogP contribution in [0.3, 0.4) is 0 Å². The number of benzene rings is 1. The number of carboxylic acids is 1. The molecule has 10 heteroatoms. The van der Waals surface area contributed by atoms with Crippen LogP contribution in [0.25, 0.3) is 5.69 Å². The van der Waals surface area contributed by atoms with Crippen LogP contribution in [-0.4, -0.2) is 57.5 Å². The summed E-state index contributed by atoms with van der Waals surface area (Å²) in [7, 11) is 0. The summed E-state index contributed by atoms with van der Waals surface area (Å²) in [6, 6.07) is 4.62. The van der Waals surface area contributed by atoms with Gasteiger partial charge in [-0.05, 0) is 25.1 Å². The van der Waals surface area contributed by atoms with E-state index < -0.39 is 29.7 Å². The number of carboxylic acid groups (broad SMARTS) is 1. The van der Waals surface area contributed by atoms with Gasteiger partial charge in [0.25, 0.3) is 5.91 Å². The molecule has 3 rings (SSSR count). The predicted octanol–water partition coefficient (Wildman–Crippen LogP) is 2.13. The molecule has 0 unspecified atom stereocenters. The molecule has 1 aromatic heterocycles. The van der Waals surface area contributed by atoms with Crippen molar-refractivity contribution in [2.75, 3.05) is 19.7 Å². The molecule has 1 saturated heterocycles. The zero-order valence-corrected chi connectivity index (χ0v) is 14.2. The van der Waals surface area contributed by atoms with Crippen LogP contribution in [0, 0.1) is 6.92 Å². The molecule has 1 aliphatic heterocycles. The Morgan fingerprint density at radius 1 is 1.33 bits per heavy atom. The lowest BCUT2D eigenvalue weighted by Crippen LogP contribution is -2.48. The van der Waals surface area contributed by atoms with Gasteiger partial charge < -0.3 is 14.7 Å². The molecular formula is C17H16F3N3O4. The first kappa shape index (κ1) is 18.9. The number of amides is 1. The Labute approximate surface area is 151 Å². The van der Waals surface area contributed by atoms with E-state index in [9.17, 15) is 22.8 Å². The van der Waals surface area contributed by atoms with E-state index in [0.29, 0.717) is 5.69 Å². The molecule has 2 heterocycles. The summed E-state index contributed by atoms with van der Waals surface area (Å²) in [5.41, 5.74) is -0.0943. The molecule has 0 saturated carbocycles. The van der Waals surface area contributed by atoms with Crippen molar-refractivity contribution in [2.45, 2.75) is 19.2 Å². The zero-order valence-electron chi connectivity index (χ0n) is 14.2. The minimum absolute atomic E-state index is 0.0868. The molecule has 0 aliphatic carbocycles. The normalized spacial score (nSPS) is 17.8. The minimum atomic E-state index is -4.49. The van der Waals surface area contributed by atoms with Crippen molar-refractivity contribution in [3.05, 3.63) is 47.3 Å². The maximum atomic E-state index is 12.9. The van der Waals surface area contributed by atoms with Gasteiger partial charge in [-0.3, -0.25) is 4.79 Å². The van der Waals surface area contributed by atoms with E-state index in [1.807, 2.05) is 0 Å². The van der Waals surface area contributed by atoms with Gasteiger partial charge in [-0.2, -0.15) is 18.3 Å². The number of alkyl halides is 3. The monoisotopic (exact) mass is 383 g/mol. The number of nitrogens with zero attached hydrogens (tertiary/aromatic N) is 3. The molecule has 144 valence electrons. The Kier molecular flexibility index (Phi) is 4.92. The predicted molar refractivity (Wildman–Crippen MR) is 86.6 cm³/mol. The number of rotatable bonds is 3. The number of ether oxygens (including phenoxy) is 1. The molecule has 1 N–H and O–H groups in total. The lowest BCUT2D eigenvalue weighted by Gasteiger charge is -2.30. The van der Waals surface area contributed by atoms with Crippen LogP contribution in [0.2, 0.25) is 0 Å². The van der Waals surface area contributed by atoms with Crippen molar-refractivity contribution in [1.29, 1.82) is 0 Å². The first-order chi connectivity index (χ1) is 12.7. The van der Waals surface area contributed by atoms with Crippen LogP contribution in [0.15, 0.2) is 30.5 Å². The van der Waals surface area contributed by atoms with Crippen LogP contribution in [0.1, 0.15) is 21.6 Å². The summed E-state index contributed by atoms with van der Waals surface area (Å²) in [5.74, 6) is -1.61. The van der Waals surface area contributed by atoms with Gasteiger partial charge in [0, 0.05) is 6.54 Å². The van der Waals surface area contributed by atoms with Gasteiger partial charge in [0.2, 0.25) is 0 Å². The van der Waals surface area contributed by atoms with Crippen LogP contribution >= 0.6 is 0 Å². The lowest BCUT2D eigenvalue weighted by molar-refractivity contribution is -0.154. The first-order valence-corrected chi connectivity index (χ1v) is 8.04. The summed E-state index contributed by atoms with van der Waals surface area (Å²) < 4.78 is 45.1. The van der Waals surface area contributed by atoms with Gasteiger partial charge in [-0.25, -0.2) is 9.48 Å². The van der Waals surface area contributed by atoms with E-state index in [2.05, 4.69) is 5.10 Å². The largest absolute Gasteiger partial charge is 0.479 e. The Morgan fingerprint density at radius 3 is 2.74 bits per heavy atom. The number of carbonyl (C=O) groups excluding carboxylic acids is 1. The molecule has 1 fully saturated rings. The Balaban J connectivity index is 1.87. The second-order valence-corrected chi connectivity index (χ2v) is 6.05. The van der Waals surface area contributed by atoms with Crippen LogP contribution < -0.4 is 0 Å². The highest BCUT2D eigenvalue weighted by Crippen LogP contribution is 2.30. The molecule has 0 bridgehead atoms. The maximum Gasteiger partial charge on any atom is 0.416 e. The maximum absolute atomic E-state index is 12.9. The van der Waals surface area contributed by atoms with E-state index in [4.69, 9.17) is 9.84 Å². The summed E-state index contributed by atoms with van der Waals surface area (Å²) >= 11 is 0. The van der Waals surface area contributed by atoms with Gasteiger partial charge in [0.05, 0.1) is 41.9 Å². The average Bonchev–Trinajstić information content (AvgIpc) is 3.02. The van der Waals surface area contributed by atoms with Crippen LogP contribution in [0.4, 0.5) is 13.2 Å². The SMILES string of the molecule is Cc1c(C(=O)N2CCO[C@H](C(=O)O)C2)cnn1-c1cccc(C(F)(F)F)c1. The smallest absolute Gasteiger partial charge is 0.416 e. The first-order valence-electron chi connectivity index (χ1n) is 8.04. The fraction of sp³-hybridized carbons (Fsp3) is 0.353. The van der Waals surface area contributed by atoms with Gasteiger partial charge in [-0.15, -0.1) is 0 Å². The molecular weight excluding hydrogens is 367 g/mol. The molecule has 1 amide bonds. The number of morpholine rings is 1. The van der Waals surface area contributed by atoms with E-state index in [0.717, 1.165) is 12.1 Å². The molecule has 7 nitrogen and oxygen atoms in total. The number of carbonyl (C=O) groups is 2. The number of hydrogen-bond acceptors (Lipinski definition) is 4. The fourth-order valence-corrected chi connectivity index (χ4v) is 2.85. The Morgan fingerprint density at radius 2 is 2.07 bits per heavy atom. The van der Waals surface area contributed by atoms with Crippen molar-refractivity contribution in [1.82, 2.24) is 14.7 Å². The highest BCUT2D eigenvalue weighted by atomic mass is 19.4. The van der Waals surface area contributed by atoms with Gasteiger partial charge >= 0.3 is 12.1 Å². The van der Waals surface area contributed by atoms with Crippen molar-refractivity contribution in [2.24, 2.45) is 0 Å². The van der Waals surface area contributed by atoms with Crippen LogP contribution in [-0.2, 0) is 15.7 Å². The van der Waals surface area contributed by atoms with Crippen molar-refractivity contribution >= 4 is 11.9 Å². The second-order valence-electron chi connectivity index (χ2n) is 6.05. The number of aliphatic carboxylic acids is 1. The van der Waals surface area contributed by atoms with Crippen molar-refractivity contribution in [3.8, 4) is 5.69 Å². The second kappa shape index (κ2) is 7.03. The lowest BCUT2D eigenvalue weighted by atomic mass is 10.1. The topological polar surface area (TPSA) is 84.7 Å². The Bertz CT molecular complexity index is 879. The standard InChI is InChI=1S/C17H16F3N3O4/c1-10-13(15(24)22-5-6-27-14(9-22)16(25)26)8-21-23(10)12-4-2-3-11(7-12)17(18,19)20/h2-4,7-8,14H,5-6,9H2,1H3,(H,25,26)/t14-/m0/s1. The minimum Gasteiger partial charge on any atom is -0.479 e. The summed E-state index contributed by atoms with van der Waals surface area (Å²) in [6.07, 6.45) is -4.33. The highest BCUT2D eigenvalue weighted by molar-refractivity contribution is 5.95. The third kappa shape index (κ3) is 3.80. The van der Waals surface area contributed by atoms with Gasteiger partial charge in [0.15, 0.2) is 6.10 Å². The fourth-order valence-electron chi connectivity index (χ4n) is 2.85. The Hall–Kier alpha value is -2.88. The zero-order chi connectivity index (χ0) is 19.8. The van der Waals surface area contributed by atoms with Gasteiger partial charge in [-0.1, -0.05) is 6.07 Å². The van der Waals surface area contributed by atoms with E-state index in [-0.39, 0.29) is 30.9 Å². The number of aromatic nitrogens is 2. The van der Waals surface area contributed by atoms with Crippen molar-refractivity contribution in [3.63, 3.8) is 0 Å². The third-order valence-corrected chi connectivity index (χ3v) is 4.29. The van der Waals surface area contributed by atoms with E-state index in [1.165, 1.54) is 27.9 Å². The number of hydrogen-bond donors (Lipinski definition) is 1.